The molecule has 0 N–H and O–H groups in total. The van der Waals surface area contributed by atoms with Crippen LogP contribution in [0.3, 0.4) is 0 Å². The Morgan fingerprint density at radius 1 is 1.40 bits per heavy atom. The van der Waals surface area contributed by atoms with Crippen molar-refractivity contribution in [1.29, 1.82) is 0 Å². The predicted molar refractivity (Wildman–Crippen MR) is 76.8 cm³/mol. The second-order valence-electron chi connectivity index (χ2n) is 4.95. The van der Waals surface area contributed by atoms with E-state index in [-0.39, 0.29) is 5.97 Å². The number of aromatic nitrogens is 2. The molecule has 1 aliphatic heterocycles. The molecule has 3 rings (SSSR count). The Hall–Kier alpha value is -2.36. The van der Waals surface area contributed by atoms with Crippen LogP contribution in [0.15, 0.2) is 30.5 Å². The molecule has 0 spiro atoms. The van der Waals surface area contributed by atoms with Crippen LogP contribution in [0.25, 0.3) is 11.8 Å². The maximum absolute atomic E-state index is 11.2. The van der Waals surface area contributed by atoms with Crippen LogP contribution in [-0.2, 0) is 22.4 Å². The van der Waals surface area contributed by atoms with Crippen LogP contribution < -0.4 is 0 Å². The number of hydrogen-bond acceptors (Lipinski definition) is 3. The average Bonchev–Trinajstić information content (AvgIpc) is 2.87. The molecule has 0 atom stereocenters. The first-order valence-corrected chi connectivity index (χ1v) is 6.62. The Bertz CT molecular complexity index is 698. The SMILES string of the molecule is COC(=O)/C=C/c1cnn2c1CCc1cc(C)ccc1-2. The summed E-state index contributed by atoms with van der Waals surface area (Å²) in [6, 6.07) is 6.41. The van der Waals surface area contributed by atoms with Gasteiger partial charge in [-0.1, -0.05) is 17.7 Å². The van der Waals surface area contributed by atoms with Gasteiger partial charge >= 0.3 is 5.97 Å². The standard InChI is InChI=1S/C16H16N2O2/c1-11-3-6-14-12(9-11)4-7-15-13(10-17-18(14)15)5-8-16(19)20-2/h3,5-6,8-10H,4,7H2,1-2H3/b8-5+. The van der Waals surface area contributed by atoms with Gasteiger partial charge in [0.25, 0.3) is 0 Å². The molecule has 0 unspecified atom stereocenters. The quantitative estimate of drug-likeness (QED) is 0.621. The second-order valence-corrected chi connectivity index (χ2v) is 4.95. The van der Waals surface area contributed by atoms with Gasteiger partial charge < -0.3 is 4.74 Å². The average molecular weight is 268 g/mol. The summed E-state index contributed by atoms with van der Waals surface area (Å²) in [6.45, 7) is 2.10. The molecule has 0 radical (unpaired) electrons. The van der Waals surface area contributed by atoms with Crippen molar-refractivity contribution in [1.82, 2.24) is 9.78 Å². The van der Waals surface area contributed by atoms with Gasteiger partial charge in [-0.05, 0) is 37.5 Å². The van der Waals surface area contributed by atoms with Gasteiger partial charge in [0.15, 0.2) is 0 Å². The van der Waals surface area contributed by atoms with Gasteiger partial charge in [0.05, 0.1) is 24.7 Å². The minimum absolute atomic E-state index is 0.350. The zero-order valence-electron chi connectivity index (χ0n) is 11.6. The van der Waals surface area contributed by atoms with Crippen LogP contribution in [-0.4, -0.2) is 22.9 Å². The maximum atomic E-state index is 11.2. The fourth-order valence-electron chi connectivity index (χ4n) is 2.58. The molecular formula is C16H16N2O2. The lowest BCUT2D eigenvalue weighted by molar-refractivity contribution is -0.134. The first-order valence-electron chi connectivity index (χ1n) is 6.62. The van der Waals surface area contributed by atoms with Crippen molar-refractivity contribution in [3.05, 3.63) is 52.9 Å². The van der Waals surface area contributed by atoms with Crippen molar-refractivity contribution < 1.29 is 9.53 Å². The number of carbonyl (C=O) groups excluding carboxylic acids is 1. The molecule has 0 saturated heterocycles. The number of benzene rings is 1. The van der Waals surface area contributed by atoms with Gasteiger partial charge in [0.1, 0.15) is 0 Å². The van der Waals surface area contributed by atoms with Gasteiger partial charge in [-0.25, -0.2) is 9.48 Å². The molecule has 20 heavy (non-hydrogen) atoms. The maximum Gasteiger partial charge on any atom is 0.330 e. The molecule has 102 valence electrons. The Balaban J connectivity index is 2.00. The molecule has 4 nitrogen and oxygen atoms in total. The minimum Gasteiger partial charge on any atom is -0.466 e. The smallest absolute Gasteiger partial charge is 0.330 e. The molecule has 2 aromatic rings. The Morgan fingerprint density at radius 3 is 3.05 bits per heavy atom. The summed E-state index contributed by atoms with van der Waals surface area (Å²) >= 11 is 0. The van der Waals surface area contributed by atoms with Crippen molar-refractivity contribution >= 4 is 12.0 Å². The summed E-state index contributed by atoms with van der Waals surface area (Å²) in [5.74, 6) is -0.350. The van der Waals surface area contributed by atoms with E-state index in [2.05, 4.69) is 35.0 Å². The number of methoxy groups -OCH3 is 1. The van der Waals surface area contributed by atoms with E-state index in [1.54, 1.807) is 12.3 Å². The molecule has 1 aromatic carbocycles. The molecule has 0 bridgehead atoms. The summed E-state index contributed by atoms with van der Waals surface area (Å²) < 4.78 is 6.58. The van der Waals surface area contributed by atoms with Gasteiger partial charge in [-0.2, -0.15) is 5.10 Å². The van der Waals surface area contributed by atoms with Crippen LogP contribution in [0.5, 0.6) is 0 Å². The van der Waals surface area contributed by atoms with Crippen LogP contribution >= 0.6 is 0 Å². The highest BCUT2D eigenvalue weighted by atomic mass is 16.5. The topological polar surface area (TPSA) is 44.1 Å². The Kier molecular flexibility index (Phi) is 3.14. The molecule has 0 amide bonds. The van der Waals surface area contributed by atoms with Crippen molar-refractivity contribution in [2.75, 3.05) is 7.11 Å². The zero-order chi connectivity index (χ0) is 14.1. The molecule has 2 heterocycles. The van der Waals surface area contributed by atoms with Gasteiger partial charge in [0, 0.05) is 11.6 Å². The van der Waals surface area contributed by atoms with Gasteiger partial charge in [0.2, 0.25) is 0 Å². The lowest BCUT2D eigenvalue weighted by Gasteiger charge is -2.19. The highest BCUT2D eigenvalue weighted by Gasteiger charge is 2.18. The molecule has 0 aliphatic carbocycles. The van der Waals surface area contributed by atoms with E-state index in [1.165, 1.54) is 24.3 Å². The third-order valence-corrected chi connectivity index (χ3v) is 3.60. The number of hydrogen-bond donors (Lipinski definition) is 0. The van der Waals surface area contributed by atoms with E-state index in [4.69, 9.17) is 0 Å². The summed E-state index contributed by atoms with van der Waals surface area (Å²) in [4.78, 5) is 11.2. The third kappa shape index (κ3) is 2.13. The molecule has 0 saturated carbocycles. The normalized spacial score (nSPS) is 13.1. The molecular weight excluding hydrogens is 252 g/mol. The van der Waals surface area contributed by atoms with Crippen LogP contribution in [0.2, 0.25) is 0 Å². The largest absolute Gasteiger partial charge is 0.466 e. The fraction of sp³-hybridized carbons (Fsp3) is 0.250. The van der Waals surface area contributed by atoms with E-state index in [1.807, 2.05) is 4.68 Å². The predicted octanol–water partition coefficient (Wildman–Crippen LogP) is 2.47. The van der Waals surface area contributed by atoms with E-state index in [9.17, 15) is 4.79 Å². The van der Waals surface area contributed by atoms with Crippen LogP contribution in [0.1, 0.15) is 22.4 Å². The number of esters is 1. The second kappa shape index (κ2) is 4.96. The summed E-state index contributed by atoms with van der Waals surface area (Å²) in [7, 11) is 1.37. The van der Waals surface area contributed by atoms with Gasteiger partial charge in [-0.15, -0.1) is 0 Å². The number of carbonyl (C=O) groups is 1. The van der Waals surface area contributed by atoms with E-state index in [0.717, 1.165) is 29.8 Å². The van der Waals surface area contributed by atoms with Gasteiger partial charge in [-0.3, -0.25) is 0 Å². The number of fused-ring (bicyclic) bond motifs is 3. The lowest BCUT2D eigenvalue weighted by Crippen LogP contribution is -2.13. The summed E-state index contributed by atoms with van der Waals surface area (Å²) in [6.07, 6.45) is 6.93. The molecule has 4 heteroatoms. The highest BCUT2D eigenvalue weighted by molar-refractivity contribution is 5.87. The number of nitrogens with zero attached hydrogens (tertiary/aromatic N) is 2. The monoisotopic (exact) mass is 268 g/mol. The molecule has 1 aliphatic rings. The third-order valence-electron chi connectivity index (χ3n) is 3.60. The van der Waals surface area contributed by atoms with Crippen LogP contribution in [0.4, 0.5) is 0 Å². The lowest BCUT2D eigenvalue weighted by atomic mass is 9.98. The Morgan fingerprint density at radius 2 is 2.25 bits per heavy atom. The van der Waals surface area contributed by atoms with Crippen LogP contribution in [0, 0.1) is 6.92 Å². The minimum atomic E-state index is -0.350. The fourth-order valence-corrected chi connectivity index (χ4v) is 2.58. The summed E-state index contributed by atoms with van der Waals surface area (Å²) in [5, 5.41) is 4.44. The van der Waals surface area contributed by atoms with Crippen molar-refractivity contribution in [2.24, 2.45) is 0 Å². The molecule has 1 aromatic heterocycles. The zero-order valence-corrected chi connectivity index (χ0v) is 11.6. The van der Waals surface area contributed by atoms with Crippen molar-refractivity contribution in [3.63, 3.8) is 0 Å². The molecule has 0 fully saturated rings. The first-order chi connectivity index (χ1) is 9.69. The highest BCUT2D eigenvalue weighted by Crippen LogP contribution is 2.27. The number of ether oxygens (including phenoxy) is 1. The van der Waals surface area contributed by atoms with E-state index in [0.29, 0.717) is 0 Å². The van der Waals surface area contributed by atoms with E-state index >= 15 is 0 Å². The Labute approximate surface area is 117 Å². The van der Waals surface area contributed by atoms with E-state index < -0.39 is 0 Å². The first kappa shape index (κ1) is 12.7. The van der Waals surface area contributed by atoms with Crippen molar-refractivity contribution in [3.8, 4) is 5.69 Å². The van der Waals surface area contributed by atoms with Crippen molar-refractivity contribution in [2.45, 2.75) is 19.8 Å². The summed E-state index contributed by atoms with van der Waals surface area (Å²) in [5.41, 5.74) is 5.84. The number of aryl methyl sites for hydroxylation is 2. The number of rotatable bonds is 2.